The Hall–Kier alpha value is -3.39. The van der Waals surface area contributed by atoms with Crippen molar-refractivity contribution in [3.63, 3.8) is 0 Å². The topological polar surface area (TPSA) is 74.5 Å². The van der Waals surface area contributed by atoms with E-state index in [0.717, 1.165) is 11.1 Å². The lowest BCUT2D eigenvalue weighted by atomic mass is 10.1. The largest absolute Gasteiger partial charge is 0.482 e. The highest BCUT2D eigenvalue weighted by molar-refractivity contribution is 5.86. The van der Waals surface area contributed by atoms with Crippen LogP contribution in [0.25, 0.3) is 6.08 Å². The van der Waals surface area contributed by atoms with Gasteiger partial charge in [-0.1, -0.05) is 48.5 Å². The van der Waals surface area contributed by atoms with Gasteiger partial charge in [-0.3, -0.25) is 4.79 Å². The summed E-state index contributed by atoms with van der Waals surface area (Å²) in [5.41, 5.74) is 4.73. The number of carbonyl (C=O) groups is 1. The van der Waals surface area contributed by atoms with Gasteiger partial charge in [-0.15, -0.1) is 0 Å². The molecule has 2 aromatic carbocycles. The van der Waals surface area contributed by atoms with Gasteiger partial charge in [0.1, 0.15) is 11.8 Å². The molecule has 2 rings (SSSR count). The van der Waals surface area contributed by atoms with Gasteiger partial charge in [-0.05, 0) is 30.2 Å². The fraction of sp³-hybridized carbons (Fsp3) is 0.105. The number of rotatable bonds is 6. The van der Waals surface area contributed by atoms with E-state index in [1.54, 1.807) is 30.5 Å². The highest BCUT2D eigenvalue weighted by Crippen LogP contribution is 2.16. The molecule has 0 aromatic heterocycles. The average Bonchev–Trinajstić information content (AvgIpc) is 2.61. The Morgan fingerprint density at radius 3 is 2.67 bits per heavy atom. The first kappa shape index (κ1) is 17.0. The molecule has 0 fully saturated rings. The summed E-state index contributed by atoms with van der Waals surface area (Å²) in [4.78, 5) is 11.7. The number of hydrogen-bond acceptors (Lipinski definition) is 4. The molecule has 2 aromatic rings. The number of hydrogen-bond donors (Lipinski definition) is 1. The summed E-state index contributed by atoms with van der Waals surface area (Å²) in [7, 11) is 0. The van der Waals surface area contributed by atoms with Crippen molar-refractivity contribution >= 4 is 18.2 Å². The molecule has 0 heterocycles. The molecule has 0 atom stereocenters. The number of para-hydroxylation sites is 1. The molecule has 0 bridgehead atoms. The van der Waals surface area contributed by atoms with Gasteiger partial charge < -0.3 is 4.74 Å². The fourth-order valence-corrected chi connectivity index (χ4v) is 1.92. The maximum Gasteiger partial charge on any atom is 0.277 e. The van der Waals surface area contributed by atoms with Crippen molar-refractivity contribution < 1.29 is 9.53 Å². The second kappa shape index (κ2) is 8.91. The van der Waals surface area contributed by atoms with Crippen LogP contribution in [0.1, 0.15) is 18.1 Å². The summed E-state index contributed by atoms with van der Waals surface area (Å²) in [5, 5.41) is 12.8. The predicted molar refractivity (Wildman–Crippen MR) is 93.4 cm³/mol. The molecule has 1 N–H and O–H groups in total. The standard InChI is InChI=1S/C19H17N3O2/c1-15(11-16-7-3-2-4-8-16)13-21-22-19(23)14-24-18-10-6-5-9-17(18)12-20/h2-11,13H,14H2,1H3,(H,22,23)/b15-11-,21-13?. The molecule has 0 saturated heterocycles. The Balaban J connectivity index is 1.83. The fourth-order valence-electron chi connectivity index (χ4n) is 1.92. The van der Waals surface area contributed by atoms with E-state index in [-0.39, 0.29) is 6.61 Å². The maximum atomic E-state index is 11.7. The summed E-state index contributed by atoms with van der Waals surface area (Å²) >= 11 is 0. The van der Waals surface area contributed by atoms with Crippen LogP contribution >= 0.6 is 0 Å². The van der Waals surface area contributed by atoms with E-state index in [1.807, 2.05) is 49.4 Å². The number of nitrogens with one attached hydrogen (secondary N) is 1. The van der Waals surface area contributed by atoms with Gasteiger partial charge in [0.25, 0.3) is 5.91 Å². The first-order valence-electron chi connectivity index (χ1n) is 7.36. The van der Waals surface area contributed by atoms with Crippen LogP contribution in [-0.2, 0) is 4.79 Å². The van der Waals surface area contributed by atoms with Crippen molar-refractivity contribution in [3.8, 4) is 11.8 Å². The zero-order valence-corrected chi connectivity index (χ0v) is 13.3. The van der Waals surface area contributed by atoms with E-state index in [4.69, 9.17) is 10.00 Å². The number of nitriles is 1. The second-order valence-corrected chi connectivity index (χ2v) is 4.99. The average molecular weight is 319 g/mol. The molecule has 120 valence electrons. The highest BCUT2D eigenvalue weighted by atomic mass is 16.5. The summed E-state index contributed by atoms with van der Waals surface area (Å²) in [6.45, 7) is 1.68. The molecule has 0 aliphatic rings. The van der Waals surface area contributed by atoms with Crippen LogP contribution in [0, 0.1) is 11.3 Å². The van der Waals surface area contributed by atoms with Gasteiger partial charge in [0.05, 0.1) is 11.8 Å². The van der Waals surface area contributed by atoms with E-state index < -0.39 is 5.91 Å². The molecule has 0 aliphatic heterocycles. The Morgan fingerprint density at radius 2 is 1.92 bits per heavy atom. The van der Waals surface area contributed by atoms with E-state index >= 15 is 0 Å². The molecule has 0 saturated carbocycles. The number of amides is 1. The zero-order valence-electron chi connectivity index (χ0n) is 13.3. The minimum atomic E-state index is -0.397. The Morgan fingerprint density at radius 1 is 1.21 bits per heavy atom. The Kier molecular flexibility index (Phi) is 6.30. The molecule has 0 spiro atoms. The normalized spacial score (nSPS) is 11.1. The Labute approximate surface area is 140 Å². The lowest BCUT2D eigenvalue weighted by molar-refractivity contribution is -0.123. The number of nitrogens with zero attached hydrogens (tertiary/aromatic N) is 2. The quantitative estimate of drug-likeness (QED) is 0.656. The molecule has 5 nitrogen and oxygen atoms in total. The van der Waals surface area contributed by atoms with Crippen LogP contribution in [0.2, 0.25) is 0 Å². The van der Waals surface area contributed by atoms with E-state index in [9.17, 15) is 4.79 Å². The summed E-state index contributed by atoms with van der Waals surface area (Å²) in [6, 6.07) is 18.6. The number of benzene rings is 2. The maximum absolute atomic E-state index is 11.7. The second-order valence-electron chi connectivity index (χ2n) is 4.99. The van der Waals surface area contributed by atoms with Gasteiger partial charge in [-0.25, -0.2) is 5.43 Å². The lowest BCUT2D eigenvalue weighted by Crippen LogP contribution is -2.24. The third-order valence-corrected chi connectivity index (χ3v) is 3.02. The van der Waals surface area contributed by atoms with E-state index in [2.05, 4.69) is 10.5 Å². The molecule has 0 radical (unpaired) electrons. The van der Waals surface area contributed by atoms with E-state index in [0.29, 0.717) is 11.3 Å². The minimum absolute atomic E-state index is 0.211. The zero-order chi connectivity index (χ0) is 17.2. The molecule has 0 unspecified atom stereocenters. The van der Waals surface area contributed by atoms with Gasteiger partial charge in [0.2, 0.25) is 0 Å². The molecule has 0 aliphatic carbocycles. The number of ether oxygens (including phenoxy) is 1. The molecule has 5 heteroatoms. The smallest absolute Gasteiger partial charge is 0.277 e. The number of hydrazone groups is 1. The van der Waals surface area contributed by atoms with Crippen molar-refractivity contribution in [1.29, 1.82) is 5.26 Å². The molecule has 1 amide bonds. The Bertz CT molecular complexity index is 790. The third kappa shape index (κ3) is 5.43. The van der Waals surface area contributed by atoms with Crippen LogP contribution in [0.15, 0.2) is 65.3 Å². The van der Waals surface area contributed by atoms with Crippen LogP contribution in [0.3, 0.4) is 0 Å². The highest BCUT2D eigenvalue weighted by Gasteiger charge is 2.05. The van der Waals surface area contributed by atoms with Crippen molar-refractivity contribution in [2.45, 2.75) is 6.92 Å². The van der Waals surface area contributed by atoms with Crippen LogP contribution in [0.4, 0.5) is 0 Å². The first-order valence-corrected chi connectivity index (χ1v) is 7.36. The number of allylic oxidation sites excluding steroid dienone is 1. The SMILES string of the molecule is C/C(C=NNC(=O)COc1ccccc1C#N)=C/c1ccccc1. The van der Waals surface area contributed by atoms with Crippen LogP contribution in [0.5, 0.6) is 5.75 Å². The minimum Gasteiger partial charge on any atom is -0.482 e. The van der Waals surface area contributed by atoms with Gasteiger partial charge in [0.15, 0.2) is 6.61 Å². The summed E-state index contributed by atoms with van der Waals surface area (Å²) in [6.07, 6.45) is 3.52. The third-order valence-electron chi connectivity index (χ3n) is 3.02. The van der Waals surface area contributed by atoms with Crippen LogP contribution < -0.4 is 10.2 Å². The van der Waals surface area contributed by atoms with Crippen molar-refractivity contribution in [1.82, 2.24) is 5.43 Å². The van der Waals surface area contributed by atoms with Crippen molar-refractivity contribution in [3.05, 3.63) is 71.3 Å². The molecule has 24 heavy (non-hydrogen) atoms. The first-order chi connectivity index (χ1) is 11.7. The lowest BCUT2D eigenvalue weighted by Gasteiger charge is -2.06. The van der Waals surface area contributed by atoms with Gasteiger partial charge in [0, 0.05) is 0 Å². The molecular formula is C19H17N3O2. The van der Waals surface area contributed by atoms with Crippen molar-refractivity contribution in [2.24, 2.45) is 5.10 Å². The monoisotopic (exact) mass is 319 g/mol. The van der Waals surface area contributed by atoms with Crippen LogP contribution in [-0.4, -0.2) is 18.7 Å². The number of carbonyl (C=O) groups excluding carboxylic acids is 1. The van der Waals surface area contributed by atoms with Crippen molar-refractivity contribution in [2.75, 3.05) is 6.61 Å². The van der Waals surface area contributed by atoms with E-state index in [1.165, 1.54) is 0 Å². The van der Waals surface area contributed by atoms with Gasteiger partial charge in [-0.2, -0.15) is 10.4 Å². The molecular weight excluding hydrogens is 302 g/mol. The predicted octanol–water partition coefficient (Wildman–Crippen LogP) is 3.14. The van der Waals surface area contributed by atoms with Gasteiger partial charge >= 0.3 is 0 Å². The summed E-state index contributed by atoms with van der Waals surface area (Å²) < 4.78 is 5.32. The summed E-state index contributed by atoms with van der Waals surface area (Å²) in [5.74, 6) is -0.0224.